The lowest BCUT2D eigenvalue weighted by Crippen LogP contribution is -2.47. The van der Waals surface area contributed by atoms with E-state index in [-0.39, 0.29) is 0 Å². The Kier molecular flexibility index (Phi) is 3.86. The van der Waals surface area contributed by atoms with Gasteiger partial charge < -0.3 is 0 Å². The molecule has 0 N–H and O–H groups in total. The maximum absolute atomic E-state index is 6.04. The lowest BCUT2D eigenvalue weighted by molar-refractivity contribution is -0.492. The van der Waals surface area contributed by atoms with E-state index in [2.05, 4.69) is 6.92 Å². The van der Waals surface area contributed by atoms with Crippen LogP contribution in [-0.2, 0) is 14.7 Å². The number of rotatable bonds is 2. The Morgan fingerprint density at radius 1 is 1.44 bits per heavy atom. The normalized spacial score (nSPS) is 31.0. The van der Waals surface area contributed by atoms with Gasteiger partial charge in [0.15, 0.2) is 0 Å². The van der Waals surface area contributed by atoms with Crippen molar-refractivity contribution in [2.75, 3.05) is 6.54 Å². The predicted molar refractivity (Wildman–Crippen MR) is 67.2 cm³/mol. The number of piperidine rings is 1. The van der Waals surface area contributed by atoms with E-state index in [0.717, 1.165) is 24.3 Å². The van der Waals surface area contributed by atoms with Gasteiger partial charge in [-0.1, -0.05) is 23.0 Å². The molecule has 2 aliphatic heterocycles. The monoisotopic (exact) mass is 290 g/mol. The summed E-state index contributed by atoms with van der Waals surface area (Å²) in [5.74, 6) is 0. The first-order valence-corrected chi connectivity index (χ1v) is 7.31. The second-order valence-electron chi connectivity index (χ2n) is 4.49. The molecule has 0 bridgehead atoms. The molecule has 2 fully saturated rings. The van der Waals surface area contributed by atoms with Gasteiger partial charge in [-0.25, -0.2) is 4.84 Å². The van der Waals surface area contributed by atoms with Crippen molar-refractivity contribution in [1.82, 2.24) is 10.3 Å². The van der Waals surface area contributed by atoms with E-state index in [1.54, 1.807) is 0 Å². The second-order valence-corrected chi connectivity index (χ2v) is 5.84. The Hall–Kier alpha value is -0.210. The highest BCUT2D eigenvalue weighted by molar-refractivity contribution is 7.10. The summed E-state index contributed by atoms with van der Waals surface area (Å²) in [5.41, 5.74) is 0. The zero-order chi connectivity index (χ0) is 12.5. The molecule has 2 saturated heterocycles. The van der Waals surface area contributed by atoms with Gasteiger partial charge in [-0.2, -0.15) is 9.90 Å². The average molecular weight is 291 g/mol. The lowest BCUT2D eigenvalue weighted by Gasteiger charge is -2.34. The molecule has 3 heterocycles. The van der Waals surface area contributed by atoms with Gasteiger partial charge in [0.1, 0.15) is 0 Å². The molecule has 5 nitrogen and oxygen atoms in total. The van der Waals surface area contributed by atoms with Crippen LogP contribution in [0.5, 0.6) is 0 Å². The Morgan fingerprint density at radius 3 is 3.06 bits per heavy atom. The van der Waals surface area contributed by atoms with Crippen molar-refractivity contribution < 1.29 is 14.7 Å². The zero-order valence-electron chi connectivity index (χ0n) is 10.0. The largest absolute Gasteiger partial charge is 0.252 e. The van der Waals surface area contributed by atoms with Gasteiger partial charge in [-0.15, -0.1) is 11.3 Å². The van der Waals surface area contributed by atoms with Crippen LogP contribution in [0.4, 0.5) is 0 Å². The highest BCUT2D eigenvalue weighted by atomic mass is 35.5. The van der Waals surface area contributed by atoms with Crippen LogP contribution in [-0.4, -0.2) is 22.9 Å². The van der Waals surface area contributed by atoms with Crippen molar-refractivity contribution in [1.29, 1.82) is 0 Å². The average Bonchev–Trinajstić information content (AvgIpc) is 2.98. The number of hydrogen-bond donors (Lipinski definition) is 0. The molecule has 100 valence electrons. The van der Waals surface area contributed by atoms with E-state index in [1.165, 1.54) is 23.1 Å². The maximum Gasteiger partial charge on any atom is 0.252 e. The number of nitrogens with zero attached hydrogens (tertiary/aromatic N) is 2. The molecule has 0 spiro atoms. The fourth-order valence-corrected chi connectivity index (χ4v) is 3.27. The van der Waals surface area contributed by atoms with Gasteiger partial charge in [0.25, 0.3) is 6.29 Å². The molecule has 0 amide bonds. The first-order chi connectivity index (χ1) is 8.75. The van der Waals surface area contributed by atoms with Crippen molar-refractivity contribution in [3.63, 3.8) is 0 Å². The summed E-state index contributed by atoms with van der Waals surface area (Å²) in [4.78, 5) is 16.8. The third-order valence-electron chi connectivity index (χ3n) is 3.22. The van der Waals surface area contributed by atoms with Crippen LogP contribution in [0.1, 0.15) is 37.4 Å². The van der Waals surface area contributed by atoms with Gasteiger partial charge in [0.05, 0.1) is 9.90 Å². The molecule has 1 aromatic heterocycles. The molecule has 0 radical (unpaired) electrons. The van der Waals surface area contributed by atoms with E-state index >= 15 is 0 Å². The fraction of sp³-hybridized carbons (Fsp3) is 0.636. The molecule has 0 aromatic carbocycles. The third-order valence-corrected chi connectivity index (χ3v) is 4.60. The molecule has 7 heteroatoms. The van der Waals surface area contributed by atoms with Crippen LogP contribution in [0.3, 0.4) is 0 Å². The Bertz CT molecular complexity index is 417. The van der Waals surface area contributed by atoms with Crippen LogP contribution >= 0.6 is 22.9 Å². The van der Waals surface area contributed by atoms with Crippen molar-refractivity contribution >= 4 is 22.9 Å². The van der Waals surface area contributed by atoms with E-state index in [0.29, 0.717) is 11.1 Å². The number of hydrogen-bond acceptors (Lipinski definition) is 6. The smallest absolute Gasteiger partial charge is 0.216 e. The lowest BCUT2D eigenvalue weighted by atomic mass is 10.1. The molecular formula is C11H15ClN2O3S. The van der Waals surface area contributed by atoms with Crippen molar-refractivity contribution in [2.45, 2.75) is 38.5 Å². The van der Waals surface area contributed by atoms with Crippen LogP contribution in [0.25, 0.3) is 0 Å². The Balaban J connectivity index is 1.66. The van der Waals surface area contributed by atoms with E-state index in [1.807, 2.05) is 16.5 Å². The minimum Gasteiger partial charge on any atom is -0.216 e. The summed E-state index contributed by atoms with van der Waals surface area (Å²) >= 11 is 7.53. The first-order valence-electron chi connectivity index (χ1n) is 6.05. The zero-order valence-corrected chi connectivity index (χ0v) is 11.6. The summed E-state index contributed by atoms with van der Waals surface area (Å²) in [6.07, 6.45) is 2.93. The van der Waals surface area contributed by atoms with E-state index in [4.69, 9.17) is 26.3 Å². The highest BCUT2D eigenvalue weighted by Crippen LogP contribution is 2.37. The van der Waals surface area contributed by atoms with Gasteiger partial charge in [0.2, 0.25) is 0 Å². The Morgan fingerprint density at radius 2 is 2.33 bits per heavy atom. The van der Waals surface area contributed by atoms with Crippen LogP contribution in [0.15, 0.2) is 11.4 Å². The SMILES string of the molecule is CC1CCCCN1N1OOC(c2sccc2Cl)O1. The Labute approximate surface area is 115 Å². The van der Waals surface area contributed by atoms with E-state index < -0.39 is 6.29 Å². The summed E-state index contributed by atoms with van der Waals surface area (Å²) in [6.45, 7) is 3.06. The molecule has 2 unspecified atom stereocenters. The minimum absolute atomic E-state index is 0.389. The number of thiophene rings is 1. The summed E-state index contributed by atoms with van der Waals surface area (Å²) in [7, 11) is 0. The third kappa shape index (κ3) is 2.42. The molecule has 3 rings (SSSR count). The van der Waals surface area contributed by atoms with Crippen molar-refractivity contribution in [3.8, 4) is 0 Å². The molecule has 2 aliphatic rings. The topological polar surface area (TPSA) is 34.2 Å². The molecule has 0 aliphatic carbocycles. The van der Waals surface area contributed by atoms with Crippen LogP contribution in [0.2, 0.25) is 5.02 Å². The molecule has 1 aromatic rings. The predicted octanol–water partition coefficient (Wildman–Crippen LogP) is 3.30. The standard InChI is InChI=1S/C11H15ClN2O3S/c1-8-4-2-3-6-13(8)14-15-11(16-17-14)10-9(12)5-7-18-10/h5,7-8,11H,2-4,6H2,1H3. The first kappa shape index (κ1) is 12.8. The fourth-order valence-electron chi connectivity index (χ4n) is 2.19. The second kappa shape index (κ2) is 5.42. The van der Waals surface area contributed by atoms with Crippen LogP contribution in [0, 0.1) is 0 Å². The van der Waals surface area contributed by atoms with Gasteiger partial charge >= 0.3 is 0 Å². The molecule has 0 saturated carbocycles. The van der Waals surface area contributed by atoms with E-state index in [9.17, 15) is 0 Å². The molecule has 18 heavy (non-hydrogen) atoms. The van der Waals surface area contributed by atoms with Gasteiger partial charge in [-0.3, -0.25) is 0 Å². The molecular weight excluding hydrogens is 276 g/mol. The molecule has 2 atom stereocenters. The number of halogens is 1. The van der Waals surface area contributed by atoms with Crippen LogP contribution < -0.4 is 0 Å². The summed E-state index contributed by atoms with van der Waals surface area (Å²) < 4.78 is 0. The maximum atomic E-state index is 6.04. The number of hydrazine groups is 1. The van der Waals surface area contributed by atoms with Crippen molar-refractivity contribution in [2.24, 2.45) is 0 Å². The summed E-state index contributed by atoms with van der Waals surface area (Å²) in [5, 5.41) is 5.92. The quantitative estimate of drug-likeness (QED) is 0.781. The van der Waals surface area contributed by atoms with Gasteiger partial charge in [-0.05, 0) is 31.2 Å². The summed E-state index contributed by atoms with van der Waals surface area (Å²) in [6, 6.07) is 2.21. The highest BCUT2D eigenvalue weighted by Gasteiger charge is 2.37. The van der Waals surface area contributed by atoms with Gasteiger partial charge in [0, 0.05) is 17.9 Å². The van der Waals surface area contributed by atoms with Crippen molar-refractivity contribution in [3.05, 3.63) is 21.3 Å². The minimum atomic E-state index is -0.577.